The smallest absolute Gasteiger partial charge is 0.462 e. The Balaban J connectivity index is 4.10. The van der Waals surface area contributed by atoms with Crippen molar-refractivity contribution in [3.8, 4) is 0 Å². The fourth-order valence-corrected chi connectivity index (χ4v) is 7.05. The molecule has 2 unspecified atom stereocenters. The lowest BCUT2D eigenvalue weighted by molar-refractivity contribution is -0.161. The Hall–Kier alpha value is -0.990. The lowest BCUT2D eigenvalue weighted by Gasteiger charge is -2.19. The number of carbonyl (C=O) groups excluding carboxylic acids is 2. The van der Waals surface area contributed by atoms with E-state index in [4.69, 9.17) is 24.3 Å². The second-order valence-corrected chi connectivity index (χ2v) is 16.0. The Morgan fingerprint density at radius 1 is 0.510 bits per heavy atom. The summed E-state index contributed by atoms with van der Waals surface area (Å²) in [6, 6.07) is 0. The predicted molar refractivity (Wildman–Crippen MR) is 211 cm³/mol. The molecule has 51 heavy (non-hydrogen) atoms. The third-order valence-electron chi connectivity index (χ3n) is 9.49. The minimum atomic E-state index is -4.37. The first kappa shape index (κ1) is 50.0. The van der Waals surface area contributed by atoms with E-state index in [0.29, 0.717) is 6.42 Å². The summed E-state index contributed by atoms with van der Waals surface area (Å²) in [5.74, 6) is -0.813. The first-order valence-corrected chi connectivity index (χ1v) is 23.0. The molecule has 10 heteroatoms. The van der Waals surface area contributed by atoms with E-state index in [-0.39, 0.29) is 38.6 Å². The van der Waals surface area contributed by atoms with Crippen molar-refractivity contribution in [3.05, 3.63) is 0 Å². The average Bonchev–Trinajstić information content (AvgIpc) is 3.11. The van der Waals surface area contributed by atoms with Gasteiger partial charge in [0.05, 0.1) is 13.2 Å². The van der Waals surface area contributed by atoms with Crippen LogP contribution in [0.3, 0.4) is 0 Å². The van der Waals surface area contributed by atoms with Crippen LogP contribution >= 0.6 is 7.82 Å². The maximum atomic E-state index is 12.6. The molecule has 304 valence electrons. The molecule has 0 saturated heterocycles. The van der Waals surface area contributed by atoms with Crippen molar-refractivity contribution in [1.29, 1.82) is 0 Å². The largest absolute Gasteiger partial charge is 0.472 e. The van der Waals surface area contributed by atoms with Gasteiger partial charge in [0.15, 0.2) is 6.10 Å². The molecule has 0 spiro atoms. The standard InChI is InChI=1S/C41H82NO8P/c1-3-5-7-9-11-13-15-17-18-19-20-22-24-26-28-30-32-34-41(44)50-39(38-49-51(45,46)48-36-35-42)37-47-40(43)33-31-29-27-25-23-21-16-14-12-10-8-6-4-2/h39H,3-38,42H2,1-2H3,(H,45,46). The molecule has 9 nitrogen and oxygen atoms in total. The molecule has 0 aromatic carbocycles. The Morgan fingerprint density at radius 2 is 0.843 bits per heavy atom. The summed E-state index contributed by atoms with van der Waals surface area (Å²) in [6.07, 6.45) is 37.0. The molecule has 0 aliphatic rings. The van der Waals surface area contributed by atoms with Crippen LogP contribution in [0.5, 0.6) is 0 Å². The van der Waals surface area contributed by atoms with Crippen molar-refractivity contribution >= 4 is 19.8 Å². The normalized spacial score (nSPS) is 13.3. The van der Waals surface area contributed by atoms with Crippen molar-refractivity contribution < 1.29 is 37.6 Å². The van der Waals surface area contributed by atoms with E-state index >= 15 is 0 Å². The molecule has 0 rings (SSSR count). The van der Waals surface area contributed by atoms with Crippen LogP contribution in [0.25, 0.3) is 0 Å². The lowest BCUT2D eigenvalue weighted by Crippen LogP contribution is -2.29. The van der Waals surface area contributed by atoms with Gasteiger partial charge in [-0.2, -0.15) is 0 Å². The molecule has 0 aromatic heterocycles. The Bertz CT molecular complexity index is 815. The molecular weight excluding hydrogens is 665 g/mol. The SMILES string of the molecule is CCCCCCCCCCCCCCCCCCCC(=O)OC(COC(=O)CCCCCCCCCCCCCCC)COP(=O)(O)OCCN. The van der Waals surface area contributed by atoms with Crippen molar-refractivity contribution in [2.75, 3.05) is 26.4 Å². The molecule has 0 fully saturated rings. The topological polar surface area (TPSA) is 134 Å². The number of phosphoric acid groups is 1. The number of hydrogen-bond acceptors (Lipinski definition) is 8. The first-order valence-electron chi connectivity index (χ1n) is 21.5. The first-order chi connectivity index (χ1) is 24.8. The van der Waals surface area contributed by atoms with E-state index in [1.54, 1.807) is 0 Å². The third-order valence-corrected chi connectivity index (χ3v) is 10.5. The zero-order valence-electron chi connectivity index (χ0n) is 33.4. The summed E-state index contributed by atoms with van der Waals surface area (Å²) < 4.78 is 32.8. The summed E-state index contributed by atoms with van der Waals surface area (Å²) in [5, 5.41) is 0. The van der Waals surface area contributed by atoms with Gasteiger partial charge < -0.3 is 20.1 Å². The van der Waals surface area contributed by atoms with Gasteiger partial charge in [-0.05, 0) is 12.8 Å². The highest BCUT2D eigenvalue weighted by atomic mass is 31.2. The number of esters is 2. The molecule has 0 aliphatic heterocycles. The van der Waals surface area contributed by atoms with Crippen LogP contribution in [0.2, 0.25) is 0 Å². The molecule has 0 aromatic rings. The molecule has 0 saturated carbocycles. The highest BCUT2D eigenvalue weighted by Crippen LogP contribution is 2.43. The van der Waals surface area contributed by atoms with Crippen LogP contribution in [0.15, 0.2) is 0 Å². The van der Waals surface area contributed by atoms with Crippen LogP contribution < -0.4 is 5.73 Å². The maximum Gasteiger partial charge on any atom is 0.472 e. The molecule has 0 aliphatic carbocycles. The van der Waals surface area contributed by atoms with Gasteiger partial charge in [-0.1, -0.05) is 194 Å². The molecule has 0 heterocycles. The number of nitrogens with two attached hydrogens (primary N) is 1. The summed E-state index contributed by atoms with van der Waals surface area (Å²) >= 11 is 0. The lowest BCUT2D eigenvalue weighted by atomic mass is 10.0. The fraction of sp³-hybridized carbons (Fsp3) is 0.951. The average molecular weight is 748 g/mol. The van der Waals surface area contributed by atoms with E-state index < -0.39 is 26.5 Å². The number of hydrogen-bond donors (Lipinski definition) is 2. The van der Waals surface area contributed by atoms with Gasteiger partial charge in [0.2, 0.25) is 0 Å². The van der Waals surface area contributed by atoms with Crippen molar-refractivity contribution in [2.24, 2.45) is 5.73 Å². The molecule has 0 amide bonds. The van der Waals surface area contributed by atoms with Gasteiger partial charge in [0.25, 0.3) is 0 Å². The van der Waals surface area contributed by atoms with Crippen LogP contribution in [-0.2, 0) is 32.7 Å². The summed E-state index contributed by atoms with van der Waals surface area (Å²) in [5.41, 5.74) is 5.34. The highest BCUT2D eigenvalue weighted by Gasteiger charge is 2.26. The second kappa shape index (κ2) is 38.7. The fourth-order valence-electron chi connectivity index (χ4n) is 6.28. The van der Waals surface area contributed by atoms with Gasteiger partial charge in [-0.25, -0.2) is 4.57 Å². The van der Waals surface area contributed by atoms with Gasteiger partial charge >= 0.3 is 19.8 Å². The van der Waals surface area contributed by atoms with Crippen LogP contribution in [0.1, 0.15) is 219 Å². The molecule has 3 N–H and O–H groups in total. The van der Waals surface area contributed by atoms with Crippen LogP contribution in [0, 0.1) is 0 Å². The summed E-state index contributed by atoms with van der Waals surface area (Å²) in [7, 11) is -4.37. The van der Waals surface area contributed by atoms with E-state index in [1.807, 2.05) is 0 Å². The molecule has 0 radical (unpaired) electrons. The second-order valence-electron chi connectivity index (χ2n) is 14.6. The quantitative estimate of drug-likeness (QED) is 0.0356. The Labute approximate surface area is 314 Å². The number of phosphoric ester groups is 1. The molecule has 0 bridgehead atoms. The maximum absolute atomic E-state index is 12.6. The van der Waals surface area contributed by atoms with Crippen LogP contribution in [0.4, 0.5) is 0 Å². The van der Waals surface area contributed by atoms with E-state index in [2.05, 4.69) is 13.8 Å². The monoisotopic (exact) mass is 748 g/mol. The Kier molecular flexibility index (Phi) is 38.0. The van der Waals surface area contributed by atoms with Gasteiger partial charge in [0.1, 0.15) is 6.61 Å². The minimum absolute atomic E-state index is 0.0580. The highest BCUT2D eigenvalue weighted by molar-refractivity contribution is 7.47. The third kappa shape index (κ3) is 38.5. The number of ether oxygens (including phenoxy) is 2. The van der Waals surface area contributed by atoms with E-state index in [0.717, 1.165) is 32.1 Å². The van der Waals surface area contributed by atoms with E-state index in [1.165, 1.54) is 154 Å². The van der Waals surface area contributed by atoms with Gasteiger partial charge in [0, 0.05) is 19.4 Å². The zero-order chi connectivity index (χ0) is 37.5. The zero-order valence-corrected chi connectivity index (χ0v) is 34.3. The van der Waals surface area contributed by atoms with Crippen molar-refractivity contribution in [3.63, 3.8) is 0 Å². The summed E-state index contributed by atoms with van der Waals surface area (Å²) in [4.78, 5) is 34.8. The van der Waals surface area contributed by atoms with Gasteiger partial charge in [-0.3, -0.25) is 18.6 Å². The number of rotatable bonds is 41. The number of carbonyl (C=O) groups is 2. The molecule has 2 atom stereocenters. The predicted octanol–water partition coefficient (Wildman–Crippen LogP) is 12.1. The van der Waals surface area contributed by atoms with Crippen molar-refractivity contribution in [2.45, 2.75) is 225 Å². The minimum Gasteiger partial charge on any atom is -0.462 e. The van der Waals surface area contributed by atoms with Crippen molar-refractivity contribution in [1.82, 2.24) is 0 Å². The summed E-state index contributed by atoms with van der Waals surface area (Å²) in [6.45, 7) is 3.77. The molecular formula is C41H82NO8P. The van der Waals surface area contributed by atoms with E-state index in [9.17, 15) is 19.0 Å². The Morgan fingerprint density at radius 3 is 1.20 bits per heavy atom. The van der Waals surface area contributed by atoms with Gasteiger partial charge in [-0.15, -0.1) is 0 Å². The van der Waals surface area contributed by atoms with Crippen LogP contribution in [-0.4, -0.2) is 49.3 Å². The number of unbranched alkanes of at least 4 members (excludes halogenated alkanes) is 28.